The van der Waals surface area contributed by atoms with Gasteiger partial charge in [0, 0.05) is 49.2 Å². The first kappa shape index (κ1) is 21.5. The molecule has 4 rings (SSSR count). The van der Waals surface area contributed by atoms with Gasteiger partial charge in [0.15, 0.2) is 0 Å². The molecule has 3 heterocycles. The fourth-order valence-corrected chi connectivity index (χ4v) is 4.31. The van der Waals surface area contributed by atoms with E-state index in [2.05, 4.69) is 33.9 Å². The van der Waals surface area contributed by atoms with E-state index in [9.17, 15) is 10.1 Å². The number of halogens is 1. The summed E-state index contributed by atoms with van der Waals surface area (Å²) < 4.78 is 5.54. The molecule has 2 aliphatic heterocycles. The quantitative estimate of drug-likeness (QED) is 0.699. The maximum atomic E-state index is 12.4. The second-order valence-electron chi connectivity index (χ2n) is 7.54. The second-order valence-corrected chi connectivity index (χ2v) is 7.54. The van der Waals surface area contributed by atoms with Crippen molar-refractivity contribution in [1.29, 1.82) is 5.26 Å². The van der Waals surface area contributed by atoms with E-state index in [-0.39, 0.29) is 30.3 Å². The Morgan fingerprint density at radius 3 is 3.03 bits per heavy atom. The summed E-state index contributed by atoms with van der Waals surface area (Å²) in [6.45, 7) is 4.59. The van der Waals surface area contributed by atoms with Gasteiger partial charge in [0.2, 0.25) is 0 Å². The minimum absolute atomic E-state index is 0. The molecule has 0 bridgehead atoms. The molecule has 1 amide bonds. The van der Waals surface area contributed by atoms with Gasteiger partial charge in [-0.15, -0.1) is 12.4 Å². The summed E-state index contributed by atoms with van der Waals surface area (Å²) in [5, 5.41) is 20.2. The molecular formula is C21H26ClN5O2. The van der Waals surface area contributed by atoms with Crippen LogP contribution < -0.4 is 16.0 Å². The number of carbonyl (C=O) groups is 1. The van der Waals surface area contributed by atoms with Crippen molar-refractivity contribution in [1.82, 2.24) is 20.9 Å². The Labute approximate surface area is 176 Å². The van der Waals surface area contributed by atoms with Gasteiger partial charge in [-0.05, 0) is 31.0 Å². The maximum Gasteiger partial charge on any atom is 0.250 e. The van der Waals surface area contributed by atoms with E-state index >= 15 is 0 Å². The first-order valence-electron chi connectivity index (χ1n) is 9.81. The lowest BCUT2D eigenvalue weighted by atomic mass is 9.87. The number of pyridine rings is 1. The number of carbonyl (C=O) groups excluding carboxylic acids is 1. The van der Waals surface area contributed by atoms with Gasteiger partial charge in [0.25, 0.3) is 5.91 Å². The van der Waals surface area contributed by atoms with Crippen molar-refractivity contribution >= 4 is 29.2 Å². The van der Waals surface area contributed by atoms with Crippen LogP contribution in [0.1, 0.15) is 30.4 Å². The van der Waals surface area contributed by atoms with Crippen molar-refractivity contribution in [2.24, 2.45) is 0 Å². The molecule has 1 unspecified atom stereocenters. The average Bonchev–Trinajstić information content (AvgIpc) is 3.12. The molecule has 2 aliphatic rings. The molecule has 7 nitrogen and oxygen atoms in total. The second kappa shape index (κ2) is 9.51. The van der Waals surface area contributed by atoms with Gasteiger partial charge in [-0.25, -0.2) is 0 Å². The normalized spacial score (nSPS) is 26.5. The molecule has 1 aromatic heterocycles. The Morgan fingerprint density at radius 2 is 2.28 bits per heavy atom. The van der Waals surface area contributed by atoms with Crippen molar-refractivity contribution in [3.63, 3.8) is 0 Å². The molecule has 2 aromatic rings. The molecule has 154 valence electrons. The van der Waals surface area contributed by atoms with Gasteiger partial charge in [0.1, 0.15) is 12.2 Å². The summed E-state index contributed by atoms with van der Waals surface area (Å²) in [6, 6.07) is 10.5. The molecule has 2 saturated heterocycles. The molecule has 8 heteroatoms. The lowest BCUT2D eigenvalue weighted by molar-refractivity contribution is -0.134. The van der Waals surface area contributed by atoms with Crippen molar-refractivity contribution in [2.75, 3.05) is 26.2 Å². The Kier molecular flexibility index (Phi) is 7.04. The first-order valence-corrected chi connectivity index (χ1v) is 9.81. The van der Waals surface area contributed by atoms with Gasteiger partial charge >= 0.3 is 0 Å². The SMILES string of the molecule is C[C@@H]1C[C@H](c2ccc(C#N)c3ncccc23)[C@H](CNC(=O)C2CNCCO2)N1.Cl. The van der Waals surface area contributed by atoms with Crippen molar-refractivity contribution in [2.45, 2.75) is 37.5 Å². The van der Waals surface area contributed by atoms with E-state index in [1.54, 1.807) is 6.20 Å². The highest BCUT2D eigenvalue weighted by molar-refractivity contribution is 5.87. The molecule has 1 aromatic carbocycles. The molecule has 2 fully saturated rings. The zero-order valence-corrected chi connectivity index (χ0v) is 17.2. The van der Waals surface area contributed by atoms with Crippen LogP contribution in [0, 0.1) is 11.3 Å². The van der Waals surface area contributed by atoms with E-state index in [0.29, 0.717) is 31.3 Å². The van der Waals surface area contributed by atoms with Gasteiger partial charge in [-0.1, -0.05) is 12.1 Å². The minimum Gasteiger partial charge on any atom is -0.366 e. The van der Waals surface area contributed by atoms with Gasteiger partial charge in [-0.2, -0.15) is 5.26 Å². The third-order valence-corrected chi connectivity index (χ3v) is 5.63. The van der Waals surface area contributed by atoms with E-state index in [4.69, 9.17) is 4.74 Å². The van der Waals surface area contributed by atoms with Crippen molar-refractivity contribution in [3.8, 4) is 6.07 Å². The average molecular weight is 416 g/mol. The zero-order valence-electron chi connectivity index (χ0n) is 16.4. The van der Waals surface area contributed by atoms with Crippen LogP contribution in [0.3, 0.4) is 0 Å². The van der Waals surface area contributed by atoms with E-state index in [1.165, 1.54) is 5.56 Å². The fourth-order valence-electron chi connectivity index (χ4n) is 4.31. The van der Waals surface area contributed by atoms with Crippen LogP contribution in [0.4, 0.5) is 0 Å². The molecule has 0 saturated carbocycles. The minimum atomic E-state index is -0.425. The van der Waals surface area contributed by atoms with Gasteiger partial charge in [0.05, 0.1) is 17.7 Å². The number of ether oxygens (including phenoxy) is 1. The fraction of sp³-hybridized carbons (Fsp3) is 0.476. The Morgan fingerprint density at radius 1 is 1.41 bits per heavy atom. The standard InChI is InChI=1S/C21H25N5O2.ClH/c1-13-9-17(15-5-4-14(10-22)20-16(15)3-2-6-24-20)18(26-13)11-25-21(27)19-12-23-7-8-28-19;/h2-6,13,17-19,23,26H,7-9,11-12H2,1H3,(H,25,27);1H/t13-,17-,18+,19?;/m1./s1. The van der Waals surface area contributed by atoms with Crippen molar-refractivity contribution < 1.29 is 9.53 Å². The number of benzene rings is 1. The maximum absolute atomic E-state index is 12.4. The number of hydrogen-bond donors (Lipinski definition) is 3. The smallest absolute Gasteiger partial charge is 0.250 e. The summed E-state index contributed by atoms with van der Waals surface area (Å²) in [6.07, 6.45) is 2.27. The number of nitrogens with zero attached hydrogens (tertiary/aromatic N) is 2. The van der Waals surface area contributed by atoms with E-state index < -0.39 is 6.10 Å². The summed E-state index contributed by atoms with van der Waals surface area (Å²) >= 11 is 0. The molecule has 4 atom stereocenters. The van der Waals surface area contributed by atoms with Crippen LogP contribution >= 0.6 is 12.4 Å². The third kappa shape index (κ3) is 4.51. The summed E-state index contributed by atoms with van der Waals surface area (Å²) in [5.74, 6) is 0.166. The van der Waals surface area contributed by atoms with Gasteiger partial charge in [-0.3, -0.25) is 9.78 Å². The number of aromatic nitrogens is 1. The number of morpholine rings is 1. The van der Waals surface area contributed by atoms with Crippen LogP contribution in [0.15, 0.2) is 30.5 Å². The molecule has 0 spiro atoms. The van der Waals surface area contributed by atoms with Crippen LogP contribution in [-0.4, -0.2) is 55.3 Å². The lowest BCUT2D eigenvalue weighted by Gasteiger charge is -2.25. The lowest BCUT2D eigenvalue weighted by Crippen LogP contribution is -2.50. The summed E-state index contributed by atoms with van der Waals surface area (Å²) in [7, 11) is 0. The van der Waals surface area contributed by atoms with E-state index in [0.717, 1.165) is 23.9 Å². The van der Waals surface area contributed by atoms with Gasteiger partial charge < -0.3 is 20.7 Å². The predicted octanol–water partition coefficient (Wildman–Crippen LogP) is 1.47. The number of rotatable bonds is 4. The number of nitrogens with one attached hydrogen (secondary N) is 3. The highest BCUT2D eigenvalue weighted by Gasteiger charge is 2.34. The topological polar surface area (TPSA) is 99.1 Å². The van der Waals surface area contributed by atoms with Crippen molar-refractivity contribution in [3.05, 3.63) is 41.6 Å². The van der Waals surface area contributed by atoms with Crippen LogP contribution in [0.5, 0.6) is 0 Å². The molecule has 3 N–H and O–H groups in total. The van der Waals surface area contributed by atoms with Crippen LogP contribution in [0.2, 0.25) is 0 Å². The molecule has 0 radical (unpaired) electrons. The summed E-state index contributed by atoms with van der Waals surface area (Å²) in [5.41, 5.74) is 2.51. The number of amides is 1. The number of hydrogen-bond acceptors (Lipinski definition) is 6. The van der Waals surface area contributed by atoms with Crippen LogP contribution in [-0.2, 0) is 9.53 Å². The summed E-state index contributed by atoms with van der Waals surface area (Å²) in [4.78, 5) is 16.9. The monoisotopic (exact) mass is 415 g/mol. The number of nitriles is 1. The number of fused-ring (bicyclic) bond motifs is 1. The third-order valence-electron chi connectivity index (χ3n) is 5.63. The Balaban J connectivity index is 0.00000240. The molecule has 0 aliphatic carbocycles. The zero-order chi connectivity index (χ0) is 19.5. The first-order chi connectivity index (χ1) is 13.7. The van der Waals surface area contributed by atoms with E-state index in [1.807, 2.05) is 24.3 Å². The highest BCUT2D eigenvalue weighted by atomic mass is 35.5. The molecule has 29 heavy (non-hydrogen) atoms. The Bertz CT molecular complexity index is 910. The Hall–Kier alpha value is -2.24. The van der Waals surface area contributed by atoms with Crippen LogP contribution in [0.25, 0.3) is 10.9 Å². The predicted molar refractivity (Wildman–Crippen MR) is 113 cm³/mol. The largest absolute Gasteiger partial charge is 0.366 e. The molecular weight excluding hydrogens is 390 g/mol. The highest BCUT2D eigenvalue weighted by Crippen LogP contribution is 2.35.